The molecule has 92 valence electrons. The molecule has 0 aliphatic heterocycles. The summed E-state index contributed by atoms with van der Waals surface area (Å²) in [5, 5.41) is 10.5. The number of ketones is 1. The Bertz CT molecular complexity index is 298. The second kappa shape index (κ2) is 5.58. The number of hydrogen-bond donors (Lipinski definition) is 0. The third-order valence-electron chi connectivity index (χ3n) is 2.25. The molecule has 0 saturated heterocycles. The quantitative estimate of drug-likeness (QED) is 0.295. The lowest BCUT2D eigenvalue weighted by atomic mass is 9.76. The van der Waals surface area contributed by atoms with E-state index in [1.54, 1.807) is 6.92 Å². The second-order valence-electron chi connectivity index (χ2n) is 4.28. The maximum Gasteiger partial charge on any atom is 0.317 e. The lowest BCUT2D eigenvalue weighted by Crippen LogP contribution is -2.41. The van der Waals surface area contributed by atoms with Crippen LogP contribution in [0.15, 0.2) is 0 Å². The van der Waals surface area contributed by atoms with Crippen LogP contribution in [0.25, 0.3) is 0 Å². The number of carbonyl (C=O) groups excluding carboxylic acids is 2. The van der Waals surface area contributed by atoms with E-state index in [0.29, 0.717) is 0 Å². The maximum atomic E-state index is 11.5. The summed E-state index contributed by atoms with van der Waals surface area (Å²) in [5.74, 6) is -2.19. The van der Waals surface area contributed by atoms with Crippen molar-refractivity contribution in [1.82, 2.24) is 0 Å². The lowest BCUT2D eigenvalue weighted by molar-refractivity contribution is -0.496. The molecule has 6 nitrogen and oxygen atoms in total. The molecule has 16 heavy (non-hydrogen) atoms. The molecule has 0 aromatic carbocycles. The van der Waals surface area contributed by atoms with Gasteiger partial charge in [-0.15, -0.1) is 0 Å². The Morgan fingerprint density at radius 1 is 1.44 bits per heavy atom. The first-order valence-electron chi connectivity index (χ1n) is 5.01. The maximum absolute atomic E-state index is 11.5. The number of esters is 1. The smallest absolute Gasteiger partial charge is 0.317 e. The van der Waals surface area contributed by atoms with E-state index in [0.717, 1.165) is 0 Å². The summed E-state index contributed by atoms with van der Waals surface area (Å²) in [6.07, 6.45) is 0. The summed E-state index contributed by atoms with van der Waals surface area (Å²) in [4.78, 5) is 32.8. The summed E-state index contributed by atoms with van der Waals surface area (Å²) in [5.41, 5.74) is -1.04. The van der Waals surface area contributed by atoms with Gasteiger partial charge in [0.15, 0.2) is 0 Å². The average Bonchev–Trinajstić information content (AvgIpc) is 1.99. The molecule has 0 amide bonds. The van der Waals surface area contributed by atoms with Gasteiger partial charge in [-0.3, -0.25) is 19.7 Å². The predicted octanol–water partition coefficient (Wildman–Crippen LogP) is 1.06. The number of ether oxygens (including phenoxy) is 1. The fraction of sp³-hybridized carbons (Fsp3) is 0.800. The van der Waals surface area contributed by atoms with E-state index < -0.39 is 34.6 Å². The van der Waals surface area contributed by atoms with E-state index in [1.165, 1.54) is 20.8 Å². The van der Waals surface area contributed by atoms with Crippen LogP contribution in [0, 0.1) is 21.4 Å². The van der Waals surface area contributed by atoms with Gasteiger partial charge in [0, 0.05) is 10.3 Å². The highest BCUT2D eigenvalue weighted by atomic mass is 16.6. The van der Waals surface area contributed by atoms with Crippen molar-refractivity contribution in [3.05, 3.63) is 10.1 Å². The van der Waals surface area contributed by atoms with Crippen molar-refractivity contribution >= 4 is 11.8 Å². The minimum absolute atomic E-state index is 0.150. The monoisotopic (exact) mass is 231 g/mol. The molecule has 0 aromatic heterocycles. The standard InChI is InChI=1S/C10H17NO5/c1-5-16-9(13)8(7(2)12)10(3,4)6-11(14)15/h8H,5-6H2,1-4H3. The van der Waals surface area contributed by atoms with Crippen LogP contribution in [0.4, 0.5) is 0 Å². The van der Waals surface area contributed by atoms with E-state index in [4.69, 9.17) is 4.74 Å². The van der Waals surface area contributed by atoms with E-state index in [9.17, 15) is 19.7 Å². The zero-order valence-electron chi connectivity index (χ0n) is 9.98. The van der Waals surface area contributed by atoms with Gasteiger partial charge in [-0.2, -0.15) is 0 Å². The number of nitro groups is 1. The zero-order valence-corrected chi connectivity index (χ0v) is 9.98. The molecule has 0 spiro atoms. The average molecular weight is 231 g/mol. The Hall–Kier alpha value is -1.46. The molecule has 0 fully saturated rings. The summed E-state index contributed by atoms with van der Waals surface area (Å²) < 4.78 is 4.75. The van der Waals surface area contributed by atoms with Crippen LogP contribution in [0.2, 0.25) is 0 Å². The minimum atomic E-state index is -1.09. The van der Waals surface area contributed by atoms with Crippen LogP contribution in [0.3, 0.4) is 0 Å². The number of rotatable bonds is 6. The van der Waals surface area contributed by atoms with Crippen molar-refractivity contribution in [2.24, 2.45) is 11.3 Å². The lowest BCUT2D eigenvalue weighted by Gasteiger charge is -2.26. The van der Waals surface area contributed by atoms with Crippen LogP contribution in [0.1, 0.15) is 27.7 Å². The van der Waals surface area contributed by atoms with Gasteiger partial charge < -0.3 is 4.74 Å². The van der Waals surface area contributed by atoms with E-state index in [-0.39, 0.29) is 6.61 Å². The van der Waals surface area contributed by atoms with Crippen molar-refractivity contribution in [1.29, 1.82) is 0 Å². The van der Waals surface area contributed by atoms with E-state index >= 15 is 0 Å². The van der Waals surface area contributed by atoms with Gasteiger partial charge in [-0.25, -0.2) is 0 Å². The molecule has 0 heterocycles. The summed E-state index contributed by atoms with van der Waals surface area (Å²) in [6, 6.07) is 0. The Kier molecular flexibility index (Phi) is 5.07. The van der Waals surface area contributed by atoms with E-state index in [2.05, 4.69) is 0 Å². The number of Topliss-reactive ketones (excluding diaryl/α,β-unsaturated/α-hetero) is 1. The van der Waals surface area contributed by atoms with Crippen LogP contribution in [-0.2, 0) is 14.3 Å². The van der Waals surface area contributed by atoms with Gasteiger partial charge in [0.25, 0.3) is 0 Å². The Morgan fingerprint density at radius 3 is 2.25 bits per heavy atom. The van der Waals surface area contributed by atoms with Crippen molar-refractivity contribution in [2.75, 3.05) is 13.2 Å². The van der Waals surface area contributed by atoms with Gasteiger partial charge in [0.05, 0.1) is 6.61 Å². The SMILES string of the molecule is CCOC(=O)C(C(C)=O)C(C)(C)C[N+](=O)[O-]. The van der Waals surface area contributed by atoms with Gasteiger partial charge in [-0.1, -0.05) is 13.8 Å². The van der Waals surface area contributed by atoms with Crippen LogP contribution >= 0.6 is 0 Å². The van der Waals surface area contributed by atoms with Gasteiger partial charge in [0.2, 0.25) is 6.54 Å². The normalized spacial score (nSPS) is 13.0. The second-order valence-corrected chi connectivity index (χ2v) is 4.28. The van der Waals surface area contributed by atoms with Crippen LogP contribution in [-0.4, -0.2) is 29.8 Å². The van der Waals surface area contributed by atoms with Gasteiger partial charge >= 0.3 is 5.97 Å². The number of nitrogens with zero attached hydrogens (tertiary/aromatic N) is 1. The third kappa shape index (κ3) is 3.96. The van der Waals surface area contributed by atoms with Crippen molar-refractivity contribution < 1.29 is 19.2 Å². The molecule has 0 bridgehead atoms. The molecule has 1 atom stereocenters. The third-order valence-corrected chi connectivity index (χ3v) is 2.25. The zero-order chi connectivity index (χ0) is 12.9. The molecular weight excluding hydrogens is 214 g/mol. The molecule has 0 aliphatic rings. The molecule has 0 N–H and O–H groups in total. The van der Waals surface area contributed by atoms with Gasteiger partial charge in [0.1, 0.15) is 11.7 Å². The molecule has 0 saturated carbocycles. The highest BCUT2D eigenvalue weighted by Crippen LogP contribution is 2.29. The van der Waals surface area contributed by atoms with Crippen LogP contribution in [0.5, 0.6) is 0 Å². The Balaban J connectivity index is 4.96. The number of hydrogen-bond acceptors (Lipinski definition) is 5. The molecule has 0 aromatic rings. The Morgan fingerprint density at radius 2 is 1.94 bits per heavy atom. The first kappa shape index (κ1) is 14.5. The fourth-order valence-corrected chi connectivity index (χ4v) is 1.68. The summed E-state index contributed by atoms with van der Waals surface area (Å²) in [6.45, 7) is 5.59. The largest absolute Gasteiger partial charge is 0.465 e. The minimum Gasteiger partial charge on any atom is -0.465 e. The fourth-order valence-electron chi connectivity index (χ4n) is 1.68. The topological polar surface area (TPSA) is 86.5 Å². The number of carbonyl (C=O) groups is 2. The highest BCUT2D eigenvalue weighted by molar-refractivity contribution is 5.98. The van der Waals surface area contributed by atoms with Crippen molar-refractivity contribution in [3.63, 3.8) is 0 Å². The molecule has 6 heteroatoms. The van der Waals surface area contributed by atoms with Crippen molar-refractivity contribution in [2.45, 2.75) is 27.7 Å². The van der Waals surface area contributed by atoms with Crippen LogP contribution < -0.4 is 0 Å². The molecule has 0 aliphatic carbocycles. The Labute approximate surface area is 94.1 Å². The first-order chi connectivity index (χ1) is 7.22. The molecule has 1 unspecified atom stereocenters. The summed E-state index contributed by atoms with van der Waals surface area (Å²) >= 11 is 0. The molecule has 0 rings (SSSR count). The molecule has 0 radical (unpaired) electrons. The predicted molar refractivity (Wildman–Crippen MR) is 56.4 cm³/mol. The highest BCUT2D eigenvalue weighted by Gasteiger charge is 2.43. The first-order valence-corrected chi connectivity index (χ1v) is 5.01. The van der Waals surface area contributed by atoms with Gasteiger partial charge in [-0.05, 0) is 13.8 Å². The van der Waals surface area contributed by atoms with Crippen molar-refractivity contribution in [3.8, 4) is 0 Å². The van der Waals surface area contributed by atoms with E-state index in [1.807, 2.05) is 0 Å². The molecular formula is C10H17NO5. The summed E-state index contributed by atoms with van der Waals surface area (Å²) in [7, 11) is 0.